The predicted octanol–water partition coefficient (Wildman–Crippen LogP) is 37.1. The number of fused-ring (bicyclic) bond motifs is 13. The van der Waals surface area contributed by atoms with Crippen molar-refractivity contribution in [1.29, 1.82) is 0 Å². The first-order valence-electron chi connectivity index (χ1n) is 49.2. The van der Waals surface area contributed by atoms with Gasteiger partial charge in [-0.1, -0.05) is 501 Å². The minimum absolute atomic E-state index is 0.0766. The van der Waals surface area contributed by atoms with Crippen molar-refractivity contribution >= 4 is 54.4 Å². The smallest absolute Gasteiger partial charge is 0.0713 e. The van der Waals surface area contributed by atoms with Crippen LogP contribution in [-0.2, 0) is 65.0 Å². The second kappa shape index (κ2) is 35.4. The summed E-state index contributed by atoms with van der Waals surface area (Å²) in [5, 5.41) is 7.98. The van der Waals surface area contributed by atoms with Crippen molar-refractivity contribution in [2.24, 2.45) is 0 Å². The zero-order valence-electron chi connectivity index (χ0n) is 87.1. The molecule has 2 aromatic heterocycles. The number of hydrogen-bond donors (Lipinski definition) is 0. The van der Waals surface area contributed by atoms with E-state index in [1.807, 2.05) is 0 Å². The molecule has 0 aliphatic heterocycles. The van der Waals surface area contributed by atoms with E-state index in [2.05, 4.69) is 558 Å². The van der Waals surface area contributed by atoms with Gasteiger partial charge in [-0.2, -0.15) is 0 Å². The Balaban J connectivity index is 0.000000128. The van der Waals surface area contributed by atoms with E-state index in [9.17, 15) is 0 Å². The standard InChI is InChI=1S/C33H34.2C26H29N.C24H28.C23H30/c1-31(2,3)25-17-19-27-28-20-18-26(32(4,5)6)22-30(28)33(29(27)21-25,23-13-9-7-10-14-23)24-15-11-8-12-16-24;1-25(2,3)18-11-14-20(15-12-18)27-23-10-8-7-9-21(23)22-16-13-19(17-24(22)27)26(4,5)6;1-25(2,3)18-12-14-21-22-15-13-19(26(4,5)6)17-24(22)27(23(21)16-18)20-10-8-7-9-11-20;1-23(2,3)18-15-13-17(14-16-18)19-9-7-11-21-20(19)10-8-12-22(21)24(4,5)6;1-21(2,3)15-9-11-17-18-12-10-16(22(4,5)6)14-20(18)23(7,8)19(17)13-15/h7-22H,1-6H3;2*7-17H,1-6H3;7-16H,1-6H3;9-14H,1-8H3. The number of rotatable bonds is 5. The SMILES string of the molecule is CC(C)(C)c1ccc(-c2cccc3c(C(C)(C)C)cccc23)cc1.CC(C)(C)c1ccc(-n2c3ccccc3c3ccc(C(C)(C)C)cc32)cc1.CC(C)(C)c1ccc2c(c1)C(C)(C)c1cc(C(C)(C)C)ccc1-2.CC(C)(C)c1ccc2c(c1)C(c1ccccc1)(c1ccccc1)c1cc(C(C)(C)C)ccc1-2.CC(C)(C)c1ccc2c3ccc(C(C)(C)C)cc3n(-c3ccccc3)c2c1. The molecule has 0 atom stereocenters. The van der Waals surface area contributed by atoms with Gasteiger partial charge in [0, 0.05) is 38.3 Å². The maximum absolute atomic E-state index is 2.48. The van der Waals surface area contributed by atoms with Gasteiger partial charge in [-0.3, -0.25) is 0 Å². The molecule has 2 aliphatic rings. The van der Waals surface area contributed by atoms with Crippen LogP contribution in [0.2, 0.25) is 0 Å². The highest BCUT2D eigenvalue weighted by molar-refractivity contribution is 6.11. The normalized spacial score (nSPS) is 13.8. The molecule has 0 radical (unpaired) electrons. The van der Waals surface area contributed by atoms with Crippen LogP contribution in [0.25, 0.3) is 99.1 Å². The van der Waals surface area contributed by atoms with Gasteiger partial charge in [0.25, 0.3) is 0 Å². The number of para-hydroxylation sites is 2. The van der Waals surface area contributed by atoms with Crippen LogP contribution >= 0.6 is 0 Å². The molecule has 0 amide bonds. The molecular weight excluding hydrogens is 1610 g/mol. The van der Waals surface area contributed by atoms with Crippen LogP contribution in [0.3, 0.4) is 0 Å². The summed E-state index contributed by atoms with van der Waals surface area (Å²) in [6.07, 6.45) is 0. The summed E-state index contributed by atoms with van der Waals surface area (Å²) in [5.74, 6) is 0. The van der Waals surface area contributed by atoms with Crippen LogP contribution in [0, 0.1) is 0 Å². The summed E-state index contributed by atoms with van der Waals surface area (Å²) in [6, 6.07) is 122. The molecule has 0 saturated heterocycles. The summed E-state index contributed by atoms with van der Waals surface area (Å²) < 4.78 is 4.83. The van der Waals surface area contributed by atoms with Crippen molar-refractivity contribution < 1.29 is 0 Å². The molecule has 0 unspecified atom stereocenters. The number of nitrogens with zero attached hydrogens (tertiary/aromatic N) is 2. The van der Waals surface area contributed by atoms with E-state index in [-0.39, 0.29) is 65.0 Å². The molecule has 0 fully saturated rings. The van der Waals surface area contributed by atoms with Gasteiger partial charge in [0.15, 0.2) is 0 Å². The minimum Gasteiger partial charge on any atom is -0.309 e. The van der Waals surface area contributed by atoms with Crippen molar-refractivity contribution in [2.75, 3.05) is 0 Å². The Labute approximate surface area is 805 Å². The van der Waals surface area contributed by atoms with Crippen molar-refractivity contribution in [3.63, 3.8) is 0 Å². The third-order valence-corrected chi connectivity index (χ3v) is 28.5. The summed E-state index contributed by atoms with van der Waals surface area (Å²) >= 11 is 0. The van der Waals surface area contributed by atoms with Gasteiger partial charge >= 0.3 is 0 Å². The first-order valence-corrected chi connectivity index (χ1v) is 49.2. The molecular formula is C132H150N2. The van der Waals surface area contributed by atoms with Crippen LogP contribution in [-0.4, -0.2) is 9.13 Å². The molecule has 15 aromatic carbocycles. The van der Waals surface area contributed by atoms with E-state index < -0.39 is 0 Å². The van der Waals surface area contributed by atoms with Crippen molar-refractivity contribution in [1.82, 2.24) is 9.13 Å². The summed E-state index contributed by atoms with van der Waals surface area (Å²) in [7, 11) is 0. The molecule has 2 heteroatoms. The highest BCUT2D eigenvalue weighted by Crippen LogP contribution is 2.58. The lowest BCUT2D eigenvalue weighted by Gasteiger charge is -2.35. The maximum Gasteiger partial charge on any atom is 0.0713 e. The quantitative estimate of drug-likeness (QED) is 0.163. The molecule has 2 nitrogen and oxygen atoms in total. The molecule has 688 valence electrons. The molecule has 0 bridgehead atoms. The molecule has 2 heterocycles. The topological polar surface area (TPSA) is 9.86 Å². The van der Waals surface area contributed by atoms with E-state index >= 15 is 0 Å². The van der Waals surface area contributed by atoms with Crippen molar-refractivity contribution in [2.45, 2.75) is 287 Å². The van der Waals surface area contributed by atoms with Gasteiger partial charge in [-0.25, -0.2) is 0 Å². The fraction of sp³-hybridized carbons (Fsp3) is 0.333. The first kappa shape index (κ1) is 96.7. The molecule has 134 heavy (non-hydrogen) atoms. The second-order valence-electron chi connectivity index (χ2n) is 49.2. The molecule has 0 N–H and O–H groups in total. The molecule has 17 aromatic rings. The van der Waals surface area contributed by atoms with E-state index in [1.54, 1.807) is 0 Å². The fourth-order valence-electron chi connectivity index (χ4n) is 20.1. The summed E-state index contributed by atoms with van der Waals surface area (Å²) in [6.45, 7) is 73.3. The first-order chi connectivity index (χ1) is 62.5. The average Bonchev–Trinajstić information content (AvgIpc) is 1.52. The van der Waals surface area contributed by atoms with E-state index in [0.717, 1.165) is 0 Å². The Morgan fingerprint density at radius 1 is 0.179 bits per heavy atom. The molecule has 0 spiro atoms. The lowest BCUT2D eigenvalue weighted by molar-refractivity contribution is 0.580. The largest absolute Gasteiger partial charge is 0.309 e. The zero-order valence-corrected chi connectivity index (χ0v) is 87.1. The van der Waals surface area contributed by atoms with Crippen LogP contribution < -0.4 is 0 Å². The lowest BCUT2D eigenvalue weighted by Crippen LogP contribution is -2.29. The van der Waals surface area contributed by atoms with Gasteiger partial charge in [-0.15, -0.1) is 0 Å². The summed E-state index contributed by atoms with van der Waals surface area (Å²) in [4.78, 5) is 0. The number of hydrogen-bond acceptors (Lipinski definition) is 0. The Hall–Kier alpha value is -11.8. The van der Waals surface area contributed by atoms with E-state index in [4.69, 9.17) is 0 Å². The third kappa shape index (κ3) is 19.2. The maximum atomic E-state index is 2.48. The highest BCUT2D eigenvalue weighted by atomic mass is 15.0. The molecule has 19 rings (SSSR count). The Morgan fingerprint density at radius 2 is 0.448 bits per heavy atom. The van der Waals surface area contributed by atoms with Gasteiger partial charge in [0.2, 0.25) is 0 Å². The van der Waals surface area contributed by atoms with Crippen molar-refractivity contribution in [3.8, 4) is 44.8 Å². The van der Waals surface area contributed by atoms with Crippen LogP contribution in [0.15, 0.2) is 328 Å². The van der Waals surface area contributed by atoms with E-state index in [0.29, 0.717) is 0 Å². The van der Waals surface area contributed by atoms with Crippen LogP contribution in [0.5, 0.6) is 0 Å². The monoisotopic (exact) mass is 1760 g/mol. The van der Waals surface area contributed by atoms with Gasteiger partial charge in [0.05, 0.1) is 27.5 Å². The van der Waals surface area contributed by atoms with Gasteiger partial charge in [0.1, 0.15) is 0 Å². The van der Waals surface area contributed by atoms with E-state index in [1.165, 1.54) is 188 Å². The van der Waals surface area contributed by atoms with Crippen LogP contribution in [0.4, 0.5) is 0 Å². The fourth-order valence-corrected chi connectivity index (χ4v) is 20.1. The number of aromatic nitrogens is 2. The Kier molecular flexibility index (Phi) is 25.6. The molecule has 2 aliphatic carbocycles. The predicted molar refractivity (Wildman–Crippen MR) is 586 cm³/mol. The minimum atomic E-state index is -0.338. The Bertz CT molecular complexity index is 6900. The second-order valence-corrected chi connectivity index (χ2v) is 49.2. The third-order valence-electron chi connectivity index (χ3n) is 28.5. The summed E-state index contributed by atoms with van der Waals surface area (Å²) in [5.41, 5.74) is 39.1. The van der Waals surface area contributed by atoms with Crippen LogP contribution in [0.1, 0.15) is 311 Å². The average molecular weight is 1760 g/mol. The lowest BCUT2D eigenvalue weighted by atomic mass is 9.66. The highest BCUT2D eigenvalue weighted by Gasteiger charge is 2.47. The van der Waals surface area contributed by atoms with Gasteiger partial charge in [-0.05, 0) is 236 Å². The Morgan fingerprint density at radius 3 is 0.813 bits per heavy atom. The zero-order chi connectivity index (χ0) is 97.0. The number of benzene rings is 15. The van der Waals surface area contributed by atoms with Gasteiger partial charge < -0.3 is 9.13 Å². The van der Waals surface area contributed by atoms with Crippen molar-refractivity contribution in [3.05, 3.63) is 417 Å². The molecule has 0 saturated carbocycles.